The van der Waals surface area contributed by atoms with E-state index in [0.717, 1.165) is 0 Å². The van der Waals surface area contributed by atoms with Gasteiger partial charge in [0.25, 0.3) is 0 Å². The van der Waals surface area contributed by atoms with Gasteiger partial charge in [-0.2, -0.15) is 0 Å². The lowest BCUT2D eigenvalue weighted by molar-refractivity contribution is -0.172. The summed E-state index contributed by atoms with van der Waals surface area (Å²) < 4.78 is 19.7. The number of carbonyl (C=O) groups excluding carboxylic acids is 4. The van der Waals surface area contributed by atoms with E-state index in [-0.39, 0.29) is 44.3 Å². The molecule has 0 N–H and O–H groups in total. The van der Waals surface area contributed by atoms with Crippen LogP contribution in [0.5, 0.6) is 0 Å². The van der Waals surface area contributed by atoms with Gasteiger partial charge in [-0.25, -0.2) is 0 Å². The van der Waals surface area contributed by atoms with Crippen molar-refractivity contribution in [1.82, 2.24) is 0 Å². The highest BCUT2D eigenvalue weighted by atomic mass is 16.6. The molecule has 0 aromatic rings. The van der Waals surface area contributed by atoms with Gasteiger partial charge in [-0.1, -0.05) is 0 Å². The molecule has 8 heteroatoms. The Morgan fingerprint density at radius 1 is 1.04 bits per heavy atom. The lowest BCUT2D eigenvalue weighted by Gasteiger charge is -2.24. The predicted octanol–water partition coefficient (Wildman–Crippen LogP) is 1.77. The highest BCUT2D eigenvalue weighted by Crippen LogP contribution is 2.49. The molecule has 0 aromatic carbocycles. The first-order chi connectivity index (χ1) is 12.3. The number of carbonyl (C=O) groups is 4. The minimum atomic E-state index is -1.49. The molecule has 26 heavy (non-hydrogen) atoms. The largest absolute Gasteiger partial charge is 0.469 e. The van der Waals surface area contributed by atoms with E-state index in [9.17, 15) is 19.2 Å². The maximum Gasteiger partial charge on any atom is 0.323 e. The molecule has 1 fully saturated rings. The van der Waals surface area contributed by atoms with E-state index in [1.165, 1.54) is 20.3 Å². The Balaban J connectivity index is 3.15. The summed E-state index contributed by atoms with van der Waals surface area (Å²) in [6.45, 7) is 4.79. The highest BCUT2D eigenvalue weighted by Gasteiger charge is 2.57. The Kier molecular flexibility index (Phi) is 8.28. The van der Waals surface area contributed by atoms with Crippen LogP contribution in [0.3, 0.4) is 0 Å². The fourth-order valence-electron chi connectivity index (χ4n) is 3.19. The van der Waals surface area contributed by atoms with Crippen LogP contribution < -0.4 is 0 Å². The normalized spacial score (nSPS) is 21.2. The van der Waals surface area contributed by atoms with E-state index in [4.69, 9.17) is 18.9 Å². The summed E-state index contributed by atoms with van der Waals surface area (Å²) in [4.78, 5) is 47.8. The van der Waals surface area contributed by atoms with Gasteiger partial charge in [0.15, 0.2) is 5.41 Å². The number of esters is 4. The lowest BCUT2D eigenvalue weighted by atomic mass is 9.84. The summed E-state index contributed by atoms with van der Waals surface area (Å²) in [5.74, 6) is -3.01. The van der Waals surface area contributed by atoms with Crippen molar-refractivity contribution in [2.75, 3.05) is 20.3 Å². The molecule has 0 bridgehead atoms. The third kappa shape index (κ3) is 5.31. The first kappa shape index (κ1) is 21.7. The topological polar surface area (TPSA) is 105 Å². The Bertz CT molecular complexity index is 548. The molecule has 0 spiro atoms. The van der Waals surface area contributed by atoms with E-state index in [2.05, 4.69) is 0 Å². The first-order valence-corrected chi connectivity index (χ1v) is 8.55. The van der Waals surface area contributed by atoms with Gasteiger partial charge in [-0.15, -0.1) is 0 Å². The Hall–Kier alpha value is -2.38. The average molecular weight is 370 g/mol. The van der Waals surface area contributed by atoms with E-state index < -0.39 is 29.3 Å². The van der Waals surface area contributed by atoms with Crippen LogP contribution >= 0.6 is 0 Å². The van der Waals surface area contributed by atoms with Crippen molar-refractivity contribution < 1.29 is 38.1 Å². The second-order valence-electron chi connectivity index (χ2n) is 6.07. The van der Waals surface area contributed by atoms with Gasteiger partial charge in [-0.3, -0.25) is 19.2 Å². The van der Waals surface area contributed by atoms with Crippen LogP contribution in [0.1, 0.15) is 40.0 Å². The third-order valence-electron chi connectivity index (χ3n) is 4.35. The highest BCUT2D eigenvalue weighted by molar-refractivity contribution is 6.00. The van der Waals surface area contributed by atoms with Crippen LogP contribution in [0.2, 0.25) is 0 Å². The van der Waals surface area contributed by atoms with Crippen LogP contribution in [-0.4, -0.2) is 44.2 Å². The summed E-state index contributed by atoms with van der Waals surface area (Å²) in [5.41, 5.74) is -1.49. The summed E-state index contributed by atoms with van der Waals surface area (Å²) in [7, 11) is 1.27. The van der Waals surface area contributed by atoms with Crippen LogP contribution in [0, 0.1) is 17.3 Å². The van der Waals surface area contributed by atoms with Gasteiger partial charge < -0.3 is 18.9 Å². The van der Waals surface area contributed by atoms with E-state index in [1.54, 1.807) is 19.9 Å². The number of hydrogen-bond acceptors (Lipinski definition) is 8. The Morgan fingerprint density at radius 3 is 2.08 bits per heavy atom. The molecule has 2 unspecified atom stereocenters. The molecule has 0 aliphatic heterocycles. The summed E-state index contributed by atoms with van der Waals surface area (Å²) >= 11 is 0. The number of rotatable bonds is 8. The number of ether oxygens (including phenoxy) is 4. The number of methoxy groups -OCH3 is 1. The van der Waals surface area contributed by atoms with E-state index in [0.29, 0.717) is 0 Å². The molecule has 8 nitrogen and oxygen atoms in total. The van der Waals surface area contributed by atoms with Gasteiger partial charge in [0, 0.05) is 13.3 Å². The molecule has 146 valence electrons. The smallest absolute Gasteiger partial charge is 0.323 e. The fourth-order valence-corrected chi connectivity index (χ4v) is 3.19. The third-order valence-corrected chi connectivity index (χ3v) is 4.35. The molecule has 0 saturated heterocycles. The van der Waals surface area contributed by atoms with Crippen LogP contribution in [0.15, 0.2) is 12.3 Å². The molecule has 0 amide bonds. The minimum Gasteiger partial charge on any atom is -0.469 e. The van der Waals surface area contributed by atoms with Gasteiger partial charge in [0.1, 0.15) is 0 Å². The van der Waals surface area contributed by atoms with Crippen LogP contribution in [0.25, 0.3) is 0 Å². The van der Waals surface area contributed by atoms with Gasteiger partial charge in [0.05, 0.1) is 26.6 Å². The zero-order valence-corrected chi connectivity index (χ0v) is 15.6. The maximum atomic E-state index is 12.6. The van der Waals surface area contributed by atoms with Crippen molar-refractivity contribution in [3.05, 3.63) is 12.3 Å². The lowest BCUT2D eigenvalue weighted by Crippen LogP contribution is -2.40. The van der Waals surface area contributed by atoms with Crippen molar-refractivity contribution in [3.8, 4) is 0 Å². The van der Waals surface area contributed by atoms with Crippen molar-refractivity contribution in [2.45, 2.75) is 40.0 Å². The molecular weight excluding hydrogens is 344 g/mol. The molecule has 1 saturated carbocycles. The molecule has 1 rings (SSSR count). The van der Waals surface area contributed by atoms with Gasteiger partial charge in [0.2, 0.25) is 0 Å². The fraction of sp³-hybridized carbons (Fsp3) is 0.667. The summed E-state index contributed by atoms with van der Waals surface area (Å²) in [6.07, 6.45) is 3.00. The van der Waals surface area contributed by atoms with Crippen molar-refractivity contribution in [3.63, 3.8) is 0 Å². The summed E-state index contributed by atoms with van der Waals surface area (Å²) in [5, 5.41) is 0. The molecule has 0 radical (unpaired) electrons. The summed E-state index contributed by atoms with van der Waals surface area (Å²) in [6, 6.07) is 0. The average Bonchev–Trinajstić information content (AvgIpc) is 2.94. The van der Waals surface area contributed by atoms with Crippen molar-refractivity contribution in [1.29, 1.82) is 0 Å². The van der Waals surface area contributed by atoms with E-state index >= 15 is 0 Å². The Morgan fingerprint density at radius 2 is 1.62 bits per heavy atom. The van der Waals surface area contributed by atoms with Crippen LogP contribution in [0.4, 0.5) is 0 Å². The molecule has 0 aromatic heterocycles. The molecule has 1 aliphatic carbocycles. The Labute approximate surface area is 152 Å². The monoisotopic (exact) mass is 370 g/mol. The first-order valence-electron chi connectivity index (χ1n) is 8.55. The second kappa shape index (κ2) is 9.94. The van der Waals surface area contributed by atoms with Crippen molar-refractivity contribution >= 4 is 23.9 Å². The SMILES string of the molecule is CCOC(=O)C1(C(=O)OCC)CC(/C=C/OC(C)=O)C(CC(=O)OC)C1. The predicted molar refractivity (Wildman–Crippen MR) is 89.5 cm³/mol. The quantitative estimate of drug-likeness (QED) is 0.275. The van der Waals surface area contributed by atoms with Crippen molar-refractivity contribution in [2.24, 2.45) is 17.3 Å². The number of hydrogen-bond donors (Lipinski definition) is 0. The second-order valence-corrected chi connectivity index (χ2v) is 6.07. The standard InChI is InChI=1S/C18H26O8/c1-5-24-16(21)18(17(22)25-6-2)10-13(7-8-26-12(3)19)14(11-18)9-15(20)23-4/h7-8,13-14H,5-6,9-11H2,1-4H3/b8-7+. The van der Waals surface area contributed by atoms with Gasteiger partial charge >= 0.3 is 23.9 Å². The van der Waals surface area contributed by atoms with Crippen LogP contribution in [-0.2, 0) is 38.1 Å². The maximum absolute atomic E-state index is 12.6. The molecule has 2 atom stereocenters. The minimum absolute atomic E-state index is 0.0200. The zero-order chi connectivity index (χ0) is 19.7. The molecule has 0 heterocycles. The molecular formula is C18H26O8. The van der Waals surface area contributed by atoms with Gasteiger partial charge in [-0.05, 0) is 44.6 Å². The number of allylic oxidation sites excluding steroid dienone is 1. The zero-order valence-electron chi connectivity index (χ0n) is 15.6. The van der Waals surface area contributed by atoms with E-state index in [1.807, 2.05) is 0 Å². The molecule has 1 aliphatic rings.